The molecule has 6 nitrogen and oxygen atoms in total. The lowest BCUT2D eigenvalue weighted by atomic mass is 10.2. The third kappa shape index (κ3) is 4.92. The van der Waals surface area contributed by atoms with Crippen molar-refractivity contribution in [3.63, 3.8) is 0 Å². The summed E-state index contributed by atoms with van der Waals surface area (Å²) in [6.07, 6.45) is 0. The van der Waals surface area contributed by atoms with Crippen LogP contribution >= 0.6 is 0 Å². The van der Waals surface area contributed by atoms with E-state index in [1.807, 2.05) is 78.9 Å². The van der Waals surface area contributed by atoms with Crippen molar-refractivity contribution in [3.8, 4) is 11.5 Å². The molecule has 6 heteroatoms. The molecule has 0 heterocycles. The fourth-order valence-corrected chi connectivity index (χ4v) is 2.35. The molecular formula is C21H20N4O2. The van der Waals surface area contributed by atoms with Crippen LogP contribution in [0.2, 0.25) is 0 Å². The van der Waals surface area contributed by atoms with E-state index in [-0.39, 0.29) is 0 Å². The lowest BCUT2D eigenvalue weighted by Gasteiger charge is -2.09. The maximum atomic E-state index is 5.38. The van der Waals surface area contributed by atoms with Crippen molar-refractivity contribution in [3.05, 3.63) is 84.4 Å². The van der Waals surface area contributed by atoms with Gasteiger partial charge in [-0.1, -0.05) is 36.4 Å². The molecule has 0 radical (unpaired) electrons. The van der Waals surface area contributed by atoms with Gasteiger partial charge in [0.1, 0.15) is 0 Å². The normalized spacial score (nSPS) is 11.4. The van der Waals surface area contributed by atoms with Crippen LogP contribution < -0.4 is 14.9 Å². The van der Waals surface area contributed by atoms with Crippen molar-refractivity contribution < 1.29 is 9.47 Å². The van der Waals surface area contributed by atoms with E-state index in [0.717, 1.165) is 16.9 Å². The number of rotatable bonds is 6. The molecule has 0 aliphatic rings. The summed E-state index contributed by atoms with van der Waals surface area (Å²) in [6, 6.07) is 24.6. The Morgan fingerprint density at radius 3 is 2.11 bits per heavy atom. The largest absolute Gasteiger partial charge is 0.493 e. The first-order valence-corrected chi connectivity index (χ1v) is 8.38. The monoisotopic (exact) mass is 360 g/mol. The minimum absolute atomic E-state index is 0.420. The number of nitrogens with zero attached hydrogens (tertiary/aromatic N) is 3. The summed E-state index contributed by atoms with van der Waals surface area (Å²) in [5.74, 6) is 1.65. The van der Waals surface area contributed by atoms with Gasteiger partial charge in [-0.15, -0.1) is 10.2 Å². The van der Waals surface area contributed by atoms with Gasteiger partial charge >= 0.3 is 0 Å². The van der Waals surface area contributed by atoms with E-state index < -0.39 is 0 Å². The summed E-state index contributed by atoms with van der Waals surface area (Å²) in [5.41, 5.74) is 5.35. The lowest BCUT2D eigenvalue weighted by Crippen LogP contribution is -2.02. The van der Waals surface area contributed by atoms with Crippen LogP contribution in [0.1, 0.15) is 5.56 Å². The van der Waals surface area contributed by atoms with Crippen LogP contribution in [0.4, 0.5) is 11.4 Å². The van der Waals surface area contributed by atoms with Crippen LogP contribution in [0.3, 0.4) is 0 Å². The molecule has 3 aromatic carbocycles. The van der Waals surface area contributed by atoms with E-state index in [9.17, 15) is 0 Å². The Morgan fingerprint density at radius 1 is 0.778 bits per heavy atom. The van der Waals surface area contributed by atoms with E-state index in [4.69, 9.17) is 9.47 Å². The number of hydrazone groups is 1. The van der Waals surface area contributed by atoms with Gasteiger partial charge in [-0.05, 0) is 42.5 Å². The number of methoxy groups -OCH3 is 2. The van der Waals surface area contributed by atoms with Crippen molar-refractivity contribution >= 4 is 17.2 Å². The first kappa shape index (κ1) is 18.1. The molecule has 3 aromatic rings. The molecule has 0 atom stereocenters. The summed E-state index contributed by atoms with van der Waals surface area (Å²) < 4.78 is 10.7. The first-order valence-electron chi connectivity index (χ1n) is 8.38. The SMILES string of the molecule is COc1ccc(C(N=Nc2ccccc2)=NNc2ccccc2)cc1OC. The summed E-state index contributed by atoms with van der Waals surface area (Å²) in [4.78, 5) is 0. The number of nitrogens with one attached hydrogen (secondary N) is 1. The molecular weight excluding hydrogens is 340 g/mol. The predicted molar refractivity (Wildman–Crippen MR) is 107 cm³/mol. The van der Waals surface area contributed by atoms with E-state index in [2.05, 4.69) is 20.8 Å². The van der Waals surface area contributed by atoms with Crippen LogP contribution in [0.15, 0.2) is 94.2 Å². The molecule has 136 valence electrons. The highest BCUT2D eigenvalue weighted by atomic mass is 16.5. The van der Waals surface area contributed by atoms with Crippen LogP contribution in [-0.2, 0) is 0 Å². The van der Waals surface area contributed by atoms with Crippen LogP contribution in [0, 0.1) is 0 Å². The van der Waals surface area contributed by atoms with Crippen LogP contribution in [0.25, 0.3) is 0 Å². The van der Waals surface area contributed by atoms with Gasteiger partial charge in [-0.25, -0.2) is 0 Å². The topological polar surface area (TPSA) is 67.6 Å². The lowest BCUT2D eigenvalue weighted by molar-refractivity contribution is 0.355. The van der Waals surface area contributed by atoms with E-state index >= 15 is 0 Å². The highest BCUT2D eigenvalue weighted by Crippen LogP contribution is 2.28. The van der Waals surface area contributed by atoms with Gasteiger partial charge in [-0.3, -0.25) is 5.43 Å². The average Bonchev–Trinajstić information content (AvgIpc) is 2.75. The molecule has 0 spiro atoms. The molecule has 0 amide bonds. The number of benzene rings is 3. The zero-order valence-electron chi connectivity index (χ0n) is 15.2. The summed E-state index contributed by atoms with van der Waals surface area (Å²) in [6.45, 7) is 0. The zero-order chi connectivity index (χ0) is 18.9. The Bertz CT molecular complexity index is 925. The standard InChI is InChI=1S/C21H20N4O2/c1-26-19-14-13-16(15-20(19)27-2)21(24-22-17-9-5-3-6-10-17)25-23-18-11-7-4-8-12-18/h3-15,22H,1-2H3. The van der Waals surface area contributed by atoms with E-state index in [1.54, 1.807) is 14.2 Å². The Labute approximate surface area is 158 Å². The second-order valence-electron chi connectivity index (χ2n) is 5.52. The predicted octanol–water partition coefficient (Wildman–Crippen LogP) is 5.26. The molecule has 0 fully saturated rings. The number of anilines is 1. The summed E-state index contributed by atoms with van der Waals surface area (Å²) in [5, 5.41) is 13.0. The molecule has 1 N–H and O–H groups in total. The van der Waals surface area contributed by atoms with Crippen molar-refractivity contribution in [1.82, 2.24) is 0 Å². The fraction of sp³-hybridized carbons (Fsp3) is 0.0952. The fourth-order valence-electron chi connectivity index (χ4n) is 2.35. The Balaban J connectivity index is 1.95. The average molecular weight is 360 g/mol. The second kappa shape index (κ2) is 9.15. The van der Waals surface area contributed by atoms with Crippen molar-refractivity contribution in [2.45, 2.75) is 0 Å². The van der Waals surface area contributed by atoms with Gasteiger partial charge in [-0.2, -0.15) is 5.10 Å². The number of hydrogen-bond acceptors (Lipinski definition) is 5. The summed E-state index contributed by atoms with van der Waals surface area (Å²) in [7, 11) is 3.19. The number of azo groups is 1. The van der Waals surface area contributed by atoms with Gasteiger partial charge < -0.3 is 9.47 Å². The molecule has 0 aliphatic heterocycles. The molecule has 0 aromatic heterocycles. The molecule has 0 unspecified atom stereocenters. The van der Waals surface area contributed by atoms with Crippen molar-refractivity contribution in [2.75, 3.05) is 19.6 Å². The maximum absolute atomic E-state index is 5.38. The first-order chi connectivity index (χ1) is 13.3. The second-order valence-corrected chi connectivity index (χ2v) is 5.52. The molecule has 0 saturated carbocycles. The number of para-hydroxylation sites is 1. The van der Waals surface area contributed by atoms with Crippen molar-refractivity contribution in [1.29, 1.82) is 0 Å². The van der Waals surface area contributed by atoms with Crippen LogP contribution in [-0.4, -0.2) is 20.1 Å². The number of amidine groups is 1. The van der Waals surface area contributed by atoms with Crippen molar-refractivity contribution in [2.24, 2.45) is 15.3 Å². The van der Waals surface area contributed by atoms with E-state index in [0.29, 0.717) is 17.3 Å². The van der Waals surface area contributed by atoms with E-state index in [1.165, 1.54) is 0 Å². The van der Waals surface area contributed by atoms with Gasteiger partial charge in [0.15, 0.2) is 11.5 Å². The molecule has 0 bridgehead atoms. The highest BCUT2D eigenvalue weighted by molar-refractivity contribution is 6.00. The third-order valence-corrected chi connectivity index (χ3v) is 3.72. The Morgan fingerprint density at radius 2 is 1.44 bits per heavy atom. The molecule has 27 heavy (non-hydrogen) atoms. The third-order valence-electron chi connectivity index (χ3n) is 3.72. The molecule has 0 aliphatic carbocycles. The van der Waals surface area contributed by atoms with Crippen LogP contribution in [0.5, 0.6) is 11.5 Å². The molecule has 3 rings (SSSR count). The van der Waals surface area contributed by atoms with Gasteiger partial charge in [0.05, 0.1) is 25.6 Å². The molecule has 0 saturated heterocycles. The number of hydrogen-bond donors (Lipinski definition) is 1. The highest BCUT2D eigenvalue weighted by Gasteiger charge is 2.09. The Kier molecular flexibility index (Phi) is 6.14. The zero-order valence-corrected chi connectivity index (χ0v) is 15.2. The Hall–Kier alpha value is -3.67. The van der Waals surface area contributed by atoms with Gasteiger partial charge in [0.2, 0.25) is 5.84 Å². The van der Waals surface area contributed by atoms with Gasteiger partial charge in [0, 0.05) is 5.56 Å². The van der Waals surface area contributed by atoms with Gasteiger partial charge in [0.25, 0.3) is 0 Å². The quantitative estimate of drug-likeness (QED) is 0.282. The minimum atomic E-state index is 0.420. The minimum Gasteiger partial charge on any atom is -0.493 e. The summed E-state index contributed by atoms with van der Waals surface area (Å²) >= 11 is 0. The number of ether oxygens (including phenoxy) is 2. The maximum Gasteiger partial charge on any atom is 0.201 e. The smallest absolute Gasteiger partial charge is 0.201 e.